The molecule has 2 heterocycles. The van der Waals surface area contributed by atoms with Gasteiger partial charge in [0.15, 0.2) is 5.16 Å². The van der Waals surface area contributed by atoms with Gasteiger partial charge in [-0.1, -0.05) is 23.9 Å². The van der Waals surface area contributed by atoms with Crippen molar-refractivity contribution in [2.45, 2.75) is 23.9 Å². The number of carbonyl (C=O) groups excluding carboxylic acids is 1. The van der Waals surface area contributed by atoms with Crippen LogP contribution in [0.1, 0.15) is 11.1 Å². The Bertz CT molecular complexity index is 1380. The molecule has 0 fully saturated rings. The number of carbonyl (C=O) groups is 1. The first-order chi connectivity index (χ1) is 14.7. The highest BCUT2D eigenvalue weighted by Gasteiger charge is 2.16. The fourth-order valence-electron chi connectivity index (χ4n) is 2.95. The van der Waals surface area contributed by atoms with Gasteiger partial charge in [0.25, 0.3) is 0 Å². The number of nitrogens with zero attached hydrogens (tertiary/aromatic N) is 3. The number of amides is 1. The molecular formula is C20H19N5O3S3. The van der Waals surface area contributed by atoms with Crippen LogP contribution in [0.25, 0.3) is 16.2 Å². The summed E-state index contributed by atoms with van der Waals surface area (Å²) in [6, 6.07) is 12.0. The number of nitrogens with two attached hydrogens (primary N) is 1. The first-order valence-corrected chi connectivity index (χ1v) is 12.6. The van der Waals surface area contributed by atoms with Gasteiger partial charge in [-0.3, -0.25) is 9.20 Å². The molecule has 0 unspecified atom stereocenters. The third kappa shape index (κ3) is 4.64. The van der Waals surface area contributed by atoms with Crippen molar-refractivity contribution in [2.75, 3.05) is 11.1 Å². The summed E-state index contributed by atoms with van der Waals surface area (Å²) in [4.78, 5) is 13.1. The highest BCUT2D eigenvalue weighted by atomic mass is 32.2. The molecule has 0 bridgehead atoms. The summed E-state index contributed by atoms with van der Waals surface area (Å²) in [5.41, 5.74) is 4.95. The quantitative estimate of drug-likeness (QED) is 0.414. The number of anilines is 1. The van der Waals surface area contributed by atoms with Gasteiger partial charge >= 0.3 is 0 Å². The Balaban J connectivity index is 1.48. The second-order valence-corrected chi connectivity index (χ2v) is 10.3. The maximum Gasteiger partial charge on any atom is 0.238 e. The van der Waals surface area contributed by atoms with Gasteiger partial charge in [0.2, 0.25) is 20.9 Å². The number of benzene rings is 2. The second kappa shape index (κ2) is 8.42. The van der Waals surface area contributed by atoms with Crippen molar-refractivity contribution in [3.63, 3.8) is 0 Å². The maximum atomic E-state index is 12.4. The molecule has 0 saturated carbocycles. The molecule has 11 heteroatoms. The van der Waals surface area contributed by atoms with Crippen LogP contribution >= 0.6 is 23.1 Å². The fourth-order valence-corrected chi connectivity index (χ4v) is 5.10. The predicted molar refractivity (Wildman–Crippen MR) is 123 cm³/mol. The molecule has 31 heavy (non-hydrogen) atoms. The SMILES string of the molecule is Cc1ccc(-c2csc3nnc(SCC(=O)Nc4ccc(S(N)(=O)=O)cc4)n23)cc1C. The molecule has 8 nitrogen and oxygen atoms in total. The molecule has 0 aliphatic rings. The molecule has 0 atom stereocenters. The summed E-state index contributed by atoms with van der Waals surface area (Å²) in [6.07, 6.45) is 0. The fraction of sp³-hybridized carbons (Fsp3) is 0.150. The van der Waals surface area contributed by atoms with Crippen LogP contribution < -0.4 is 10.5 Å². The van der Waals surface area contributed by atoms with Crippen LogP contribution in [0.15, 0.2) is 57.9 Å². The van der Waals surface area contributed by atoms with Gasteiger partial charge < -0.3 is 5.32 Å². The lowest BCUT2D eigenvalue weighted by atomic mass is 10.1. The Hall–Kier alpha value is -2.73. The summed E-state index contributed by atoms with van der Waals surface area (Å²) >= 11 is 2.78. The zero-order valence-corrected chi connectivity index (χ0v) is 19.1. The van der Waals surface area contributed by atoms with E-state index in [0.29, 0.717) is 10.8 Å². The third-order valence-electron chi connectivity index (χ3n) is 4.72. The molecule has 160 valence electrons. The summed E-state index contributed by atoms with van der Waals surface area (Å²) in [5.74, 6) is -0.118. The van der Waals surface area contributed by atoms with E-state index in [1.165, 1.54) is 58.5 Å². The zero-order chi connectivity index (χ0) is 22.2. The summed E-state index contributed by atoms with van der Waals surface area (Å²) < 4.78 is 24.6. The van der Waals surface area contributed by atoms with E-state index in [-0.39, 0.29) is 16.6 Å². The van der Waals surface area contributed by atoms with Crippen molar-refractivity contribution >= 4 is 49.7 Å². The number of primary sulfonamides is 1. The molecule has 1 amide bonds. The molecular weight excluding hydrogens is 454 g/mol. The van der Waals surface area contributed by atoms with Crippen LogP contribution in [0, 0.1) is 13.8 Å². The van der Waals surface area contributed by atoms with Gasteiger partial charge in [-0.15, -0.1) is 21.5 Å². The third-order valence-corrected chi connectivity index (χ3v) is 7.40. The van der Waals surface area contributed by atoms with Gasteiger partial charge in [-0.25, -0.2) is 13.6 Å². The van der Waals surface area contributed by atoms with Gasteiger partial charge in [0, 0.05) is 11.1 Å². The van der Waals surface area contributed by atoms with Crippen molar-refractivity contribution in [1.29, 1.82) is 0 Å². The van der Waals surface area contributed by atoms with Crippen LogP contribution in [-0.2, 0) is 14.8 Å². The standard InChI is InChI=1S/C20H19N5O3S3/c1-12-3-4-14(9-13(12)2)17-10-29-19-23-24-20(25(17)19)30-11-18(26)22-15-5-7-16(8-6-15)31(21,27)28/h3-10H,11H2,1-2H3,(H,22,26)(H2,21,27,28). The number of hydrogen-bond acceptors (Lipinski definition) is 7. The van der Waals surface area contributed by atoms with E-state index >= 15 is 0 Å². The van der Waals surface area contributed by atoms with E-state index in [1.807, 2.05) is 9.78 Å². The molecule has 0 radical (unpaired) electrons. The van der Waals surface area contributed by atoms with E-state index in [2.05, 4.69) is 47.6 Å². The number of aryl methyl sites for hydroxylation is 2. The summed E-state index contributed by atoms with van der Waals surface area (Å²) in [7, 11) is -3.77. The molecule has 2 aromatic carbocycles. The minimum atomic E-state index is -3.77. The number of hydrogen-bond donors (Lipinski definition) is 2. The first kappa shape index (κ1) is 21.5. The average molecular weight is 474 g/mol. The highest BCUT2D eigenvalue weighted by Crippen LogP contribution is 2.31. The van der Waals surface area contributed by atoms with Crippen molar-refractivity contribution < 1.29 is 13.2 Å². The molecule has 4 aromatic rings. The van der Waals surface area contributed by atoms with Gasteiger partial charge in [0.05, 0.1) is 16.3 Å². The summed E-state index contributed by atoms with van der Waals surface area (Å²) in [6.45, 7) is 4.15. The highest BCUT2D eigenvalue weighted by molar-refractivity contribution is 7.99. The Morgan fingerprint density at radius 3 is 2.55 bits per heavy atom. The van der Waals surface area contributed by atoms with Crippen molar-refractivity contribution in [1.82, 2.24) is 14.6 Å². The van der Waals surface area contributed by atoms with E-state index < -0.39 is 10.0 Å². The first-order valence-electron chi connectivity index (χ1n) is 9.18. The van der Waals surface area contributed by atoms with Gasteiger partial charge in [-0.2, -0.15) is 0 Å². The maximum absolute atomic E-state index is 12.4. The number of fused-ring (bicyclic) bond motifs is 1. The van der Waals surface area contributed by atoms with E-state index in [9.17, 15) is 13.2 Å². The number of aromatic nitrogens is 3. The van der Waals surface area contributed by atoms with Crippen molar-refractivity contribution in [2.24, 2.45) is 5.14 Å². The Kier molecular flexibility index (Phi) is 5.84. The van der Waals surface area contributed by atoms with Gasteiger partial charge in [-0.05, 0) is 60.9 Å². The van der Waals surface area contributed by atoms with E-state index in [1.54, 1.807) is 0 Å². The van der Waals surface area contributed by atoms with Crippen LogP contribution in [0.3, 0.4) is 0 Å². The zero-order valence-electron chi connectivity index (χ0n) is 16.7. The lowest BCUT2D eigenvalue weighted by molar-refractivity contribution is -0.113. The van der Waals surface area contributed by atoms with Crippen LogP contribution in [0.2, 0.25) is 0 Å². The number of nitrogens with one attached hydrogen (secondary N) is 1. The number of thiazole rings is 1. The predicted octanol–water partition coefficient (Wildman–Crippen LogP) is 3.45. The molecule has 0 aliphatic carbocycles. The van der Waals surface area contributed by atoms with Crippen LogP contribution in [0.5, 0.6) is 0 Å². The van der Waals surface area contributed by atoms with E-state index in [0.717, 1.165) is 16.2 Å². The van der Waals surface area contributed by atoms with E-state index in [4.69, 9.17) is 5.14 Å². The van der Waals surface area contributed by atoms with Crippen molar-refractivity contribution in [3.8, 4) is 11.3 Å². The van der Waals surface area contributed by atoms with Crippen LogP contribution in [0.4, 0.5) is 5.69 Å². The largest absolute Gasteiger partial charge is 0.325 e. The number of thioether (sulfide) groups is 1. The Morgan fingerprint density at radius 2 is 1.87 bits per heavy atom. The minimum absolute atomic E-state index is 0.0120. The molecule has 0 saturated heterocycles. The normalized spacial score (nSPS) is 11.7. The lowest BCUT2D eigenvalue weighted by Gasteiger charge is -2.07. The number of rotatable bonds is 6. The molecule has 0 aliphatic heterocycles. The summed E-state index contributed by atoms with van der Waals surface area (Å²) in [5, 5.41) is 18.9. The minimum Gasteiger partial charge on any atom is -0.325 e. The lowest BCUT2D eigenvalue weighted by Crippen LogP contribution is -2.15. The Labute approximate surface area is 187 Å². The topological polar surface area (TPSA) is 119 Å². The molecule has 0 spiro atoms. The van der Waals surface area contributed by atoms with Crippen molar-refractivity contribution in [3.05, 3.63) is 59.0 Å². The smallest absolute Gasteiger partial charge is 0.238 e. The molecule has 3 N–H and O–H groups in total. The van der Waals surface area contributed by atoms with Crippen LogP contribution in [-0.4, -0.2) is 34.7 Å². The molecule has 2 aromatic heterocycles. The van der Waals surface area contributed by atoms with Gasteiger partial charge in [0.1, 0.15) is 0 Å². The average Bonchev–Trinajstić information content (AvgIpc) is 3.31. The second-order valence-electron chi connectivity index (χ2n) is 6.93. The Morgan fingerprint density at radius 1 is 1.13 bits per heavy atom. The number of sulfonamides is 1. The monoisotopic (exact) mass is 473 g/mol. The molecule has 4 rings (SSSR count).